The summed E-state index contributed by atoms with van der Waals surface area (Å²) in [6, 6.07) is 0. The van der Waals surface area contributed by atoms with Crippen LogP contribution in [0.5, 0.6) is 0 Å². The predicted octanol–water partition coefficient (Wildman–Crippen LogP) is 0.432. The smallest absolute Gasteiger partial charge is 0.296 e. The highest BCUT2D eigenvalue weighted by molar-refractivity contribution is 7.18. The van der Waals surface area contributed by atoms with Crippen molar-refractivity contribution in [3.8, 4) is 0 Å². The lowest BCUT2D eigenvalue weighted by atomic mass is 10.4. The van der Waals surface area contributed by atoms with Gasteiger partial charge in [-0.2, -0.15) is 0 Å². The normalized spacial score (nSPS) is 10.2. The Morgan fingerprint density at radius 3 is 2.94 bits per heavy atom. The van der Waals surface area contributed by atoms with Gasteiger partial charge < -0.3 is 0 Å². The average Bonchev–Trinajstić information content (AvgIpc) is 2.86. The maximum atomic E-state index is 11.6. The number of thiazole rings is 1. The van der Waals surface area contributed by atoms with Crippen molar-refractivity contribution >= 4 is 27.4 Å². The van der Waals surface area contributed by atoms with Gasteiger partial charge in [-0.05, 0) is 11.3 Å². The molecule has 0 aliphatic carbocycles. The number of nitro groups is 1. The van der Waals surface area contributed by atoms with Crippen molar-refractivity contribution in [3.63, 3.8) is 0 Å². The van der Waals surface area contributed by atoms with E-state index in [0.717, 1.165) is 17.5 Å². The van der Waals surface area contributed by atoms with Crippen LogP contribution in [0.2, 0.25) is 0 Å². The molecule has 0 saturated heterocycles. The average molecular weight is 254 g/mol. The van der Waals surface area contributed by atoms with E-state index in [4.69, 9.17) is 0 Å². The van der Waals surface area contributed by atoms with Gasteiger partial charge >= 0.3 is 5.00 Å². The third kappa shape index (κ3) is 2.42. The Hall–Kier alpha value is -2.36. The summed E-state index contributed by atoms with van der Waals surface area (Å²) in [5.41, 5.74) is 0.116. The molecule has 2 aromatic rings. The number of hydrogen-bond donors (Lipinski definition) is 1. The lowest BCUT2D eigenvalue weighted by Crippen LogP contribution is -2.12. The number of anilines is 1. The van der Waals surface area contributed by atoms with Gasteiger partial charge in [-0.3, -0.25) is 24.9 Å². The predicted molar refractivity (Wildman–Crippen MR) is 57.7 cm³/mol. The molecule has 0 fully saturated rings. The fraction of sp³-hybridized carbons (Fsp3) is 0.143. The molecule has 1 amide bonds. The highest BCUT2D eigenvalue weighted by Crippen LogP contribution is 2.25. The van der Waals surface area contributed by atoms with Crippen LogP contribution in [0.25, 0.3) is 0 Å². The monoisotopic (exact) mass is 254 g/mol. The first-order chi connectivity index (χ1) is 8.06. The molecule has 2 aromatic heterocycles. The van der Waals surface area contributed by atoms with Gasteiger partial charge in [0.1, 0.15) is 6.20 Å². The molecular weight excluding hydrogens is 248 g/mol. The van der Waals surface area contributed by atoms with E-state index >= 15 is 0 Å². The van der Waals surface area contributed by atoms with Gasteiger partial charge in [0.05, 0.1) is 11.1 Å². The molecule has 17 heavy (non-hydrogen) atoms. The number of nitrogens with zero attached hydrogens (tertiary/aromatic N) is 5. The van der Waals surface area contributed by atoms with Gasteiger partial charge in [-0.25, -0.2) is 4.98 Å². The standard InChI is InChI=1S/C7H6N6O3S/c1-12-3-4(10-11-12)6(14)9-7-8-2-5(17-7)13(15)16/h2-3H,1H3,(H,8,9,14). The van der Waals surface area contributed by atoms with Crippen LogP contribution in [0, 0.1) is 10.1 Å². The molecule has 0 atom stereocenters. The molecule has 0 aliphatic rings. The third-order valence-electron chi connectivity index (χ3n) is 1.73. The SMILES string of the molecule is Cn1cc(C(=O)Nc2ncc([N+](=O)[O-])s2)nn1. The summed E-state index contributed by atoms with van der Waals surface area (Å²) in [4.78, 5) is 25.1. The molecule has 0 radical (unpaired) electrons. The third-order valence-corrected chi connectivity index (χ3v) is 2.59. The second-order valence-electron chi connectivity index (χ2n) is 2.99. The summed E-state index contributed by atoms with van der Waals surface area (Å²) in [5, 5.41) is 20.0. The molecule has 0 spiro atoms. The van der Waals surface area contributed by atoms with E-state index in [1.54, 1.807) is 7.05 Å². The first-order valence-electron chi connectivity index (χ1n) is 4.34. The van der Waals surface area contributed by atoms with E-state index in [1.165, 1.54) is 10.9 Å². The van der Waals surface area contributed by atoms with Crippen LogP contribution in [0.3, 0.4) is 0 Å². The number of aryl methyl sites for hydroxylation is 1. The van der Waals surface area contributed by atoms with Crippen molar-refractivity contribution in [2.75, 3.05) is 5.32 Å². The minimum absolute atomic E-state index is 0.116. The van der Waals surface area contributed by atoms with E-state index < -0.39 is 10.8 Å². The van der Waals surface area contributed by atoms with Crippen LogP contribution in [-0.2, 0) is 7.05 Å². The number of amides is 1. The highest BCUT2D eigenvalue weighted by Gasteiger charge is 2.15. The van der Waals surface area contributed by atoms with Crippen molar-refractivity contribution in [1.29, 1.82) is 0 Å². The summed E-state index contributed by atoms with van der Waals surface area (Å²) in [5.74, 6) is -0.512. The Morgan fingerprint density at radius 1 is 1.65 bits per heavy atom. The van der Waals surface area contributed by atoms with Crippen LogP contribution < -0.4 is 5.32 Å². The van der Waals surface area contributed by atoms with Gasteiger partial charge in [-0.15, -0.1) is 5.10 Å². The number of carbonyl (C=O) groups is 1. The Bertz CT molecular complexity index is 576. The second-order valence-corrected chi connectivity index (χ2v) is 4.00. The molecule has 1 N–H and O–H groups in total. The molecule has 0 aliphatic heterocycles. The molecule has 9 nitrogen and oxygen atoms in total. The number of aromatic nitrogens is 4. The topological polar surface area (TPSA) is 116 Å². The van der Waals surface area contributed by atoms with E-state index in [-0.39, 0.29) is 15.8 Å². The zero-order valence-corrected chi connectivity index (χ0v) is 9.34. The van der Waals surface area contributed by atoms with Gasteiger partial charge in [-0.1, -0.05) is 5.21 Å². The Kier molecular flexibility index (Phi) is 2.78. The number of rotatable bonds is 3. The van der Waals surface area contributed by atoms with E-state index in [2.05, 4.69) is 20.6 Å². The second kappa shape index (κ2) is 4.25. The van der Waals surface area contributed by atoms with Gasteiger partial charge in [0.25, 0.3) is 5.91 Å². The lowest BCUT2D eigenvalue weighted by Gasteiger charge is -1.95. The zero-order valence-electron chi connectivity index (χ0n) is 8.52. The lowest BCUT2D eigenvalue weighted by molar-refractivity contribution is -0.380. The van der Waals surface area contributed by atoms with Crippen LogP contribution in [0.4, 0.5) is 10.1 Å². The summed E-state index contributed by atoms with van der Waals surface area (Å²) >= 11 is 0.774. The van der Waals surface area contributed by atoms with Crippen molar-refractivity contribution < 1.29 is 9.72 Å². The van der Waals surface area contributed by atoms with E-state index in [1.807, 2.05) is 0 Å². The molecule has 0 unspecified atom stereocenters. The van der Waals surface area contributed by atoms with Crippen LogP contribution >= 0.6 is 11.3 Å². The minimum Gasteiger partial charge on any atom is -0.296 e. The molecule has 10 heteroatoms. The zero-order chi connectivity index (χ0) is 12.4. The maximum Gasteiger partial charge on any atom is 0.345 e. The van der Waals surface area contributed by atoms with Crippen molar-refractivity contribution in [3.05, 3.63) is 28.2 Å². The van der Waals surface area contributed by atoms with Crippen LogP contribution in [0.15, 0.2) is 12.4 Å². The van der Waals surface area contributed by atoms with Crippen molar-refractivity contribution in [2.45, 2.75) is 0 Å². The number of nitrogens with one attached hydrogen (secondary N) is 1. The first-order valence-corrected chi connectivity index (χ1v) is 5.16. The van der Waals surface area contributed by atoms with Gasteiger partial charge in [0.15, 0.2) is 10.8 Å². The first kappa shape index (κ1) is 11.1. The largest absolute Gasteiger partial charge is 0.345 e. The Balaban J connectivity index is 2.10. The highest BCUT2D eigenvalue weighted by atomic mass is 32.1. The fourth-order valence-corrected chi connectivity index (χ4v) is 1.65. The summed E-state index contributed by atoms with van der Waals surface area (Å²) in [7, 11) is 1.62. The summed E-state index contributed by atoms with van der Waals surface area (Å²) in [6.45, 7) is 0. The van der Waals surface area contributed by atoms with Gasteiger partial charge in [0, 0.05) is 7.05 Å². The molecule has 2 heterocycles. The fourth-order valence-electron chi connectivity index (χ4n) is 1.02. The number of hydrogen-bond acceptors (Lipinski definition) is 7. The molecule has 0 aromatic carbocycles. The quantitative estimate of drug-likeness (QED) is 0.627. The van der Waals surface area contributed by atoms with E-state index in [0.29, 0.717) is 0 Å². The molecule has 0 bridgehead atoms. The van der Waals surface area contributed by atoms with Crippen LogP contribution in [-0.4, -0.2) is 30.8 Å². The molecule has 0 saturated carbocycles. The van der Waals surface area contributed by atoms with Crippen molar-refractivity contribution in [2.24, 2.45) is 7.05 Å². The molecule has 88 valence electrons. The van der Waals surface area contributed by atoms with Crippen LogP contribution in [0.1, 0.15) is 10.5 Å². The summed E-state index contributed by atoms with van der Waals surface area (Å²) < 4.78 is 1.37. The van der Waals surface area contributed by atoms with Crippen molar-refractivity contribution in [1.82, 2.24) is 20.0 Å². The Labute approximate surface area is 98.2 Å². The van der Waals surface area contributed by atoms with E-state index in [9.17, 15) is 14.9 Å². The minimum atomic E-state index is -0.574. The van der Waals surface area contributed by atoms with Gasteiger partial charge in [0.2, 0.25) is 0 Å². The molecular formula is C7H6N6O3S. The number of carbonyl (C=O) groups excluding carboxylic acids is 1. The summed E-state index contributed by atoms with van der Waals surface area (Å²) in [6.07, 6.45) is 2.51. The maximum absolute atomic E-state index is 11.6. The molecule has 2 rings (SSSR count). The Morgan fingerprint density at radius 2 is 2.41 bits per heavy atom.